The van der Waals surface area contributed by atoms with E-state index in [1.54, 1.807) is 0 Å². The van der Waals surface area contributed by atoms with Crippen molar-refractivity contribution in [1.82, 2.24) is 5.32 Å². The van der Waals surface area contributed by atoms with Crippen molar-refractivity contribution in [3.8, 4) is 5.75 Å². The molecule has 1 saturated heterocycles. The van der Waals surface area contributed by atoms with Gasteiger partial charge in [-0.2, -0.15) is 0 Å². The van der Waals surface area contributed by atoms with Crippen molar-refractivity contribution >= 4 is 0 Å². The highest BCUT2D eigenvalue weighted by Gasteiger charge is 2.23. The minimum absolute atomic E-state index is 0.243. The number of ether oxygens (including phenoxy) is 2. The SMILES string of the molecule is CCCNC(C)c1ccc(C)cc1OCC1CCC(C)O1. The van der Waals surface area contributed by atoms with Crippen LogP contribution in [0.5, 0.6) is 5.75 Å². The van der Waals surface area contributed by atoms with E-state index in [-0.39, 0.29) is 6.10 Å². The summed E-state index contributed by atoms with van der Waals surface area (Å²) in [6.45, 7) is 10.3. The van der Waals surface area contributed by atoms with Gasteiger partial charge < -0.3 is 14.8 Å². The molecule has 1 aromatic rings. The van der Waals surface area contributed by atoms with E-state index in [1.165, 1.54) is 11.1 Å². The molecular formula is C18H29NO2. The second-order valence-electron chi connectivity index (χ2n) is 6.17. The molecule has 118 valence electrons. The molecule has 1 fully saturated rings. The van der Waals surface area contributed by atoms with Crippen LogP contribution in [0.15, 0.2) is 18.2 Å². The monoisotopic (exact) mass is 291 g/mol. The van der Waals surface area contributed by atoms with Crippen LogP contribution in [0.3, 0.4) is 0 Å². The van der Waals surface area contributed by atoms with Gasteiger partial charge >= 0.3 is 0 Å². The second kappa shape index (κ2) is 7.81. The van der Waals surface area contributed by atoms with E-state index >= 15 is 0 Å². The van der Waals surface area contributed by atoms with Crippen molar-refractivity contribution in [2.75, 3.05) is 13.2 Å². The zero-order chi connectivity index (χ0) is 15.2. The van der Waals surface area contributed by atoms with E-state index in [2.05, 4.69) is 51.2 Å². The molecule has 0 bridgehead atoms. The highest BCUT2D eigenvalue weighted by Crippen LogP contribution is 2.28. The summed E-state index contributed by atoms with van der Waals surface area (Å²) in [5.41, 5.74) is 2.47. The minimum atomic E-state index is 0.243. The van der Waals surface area contributed by atoms with Crippen LogP contribution < -0.4 is 10.1 Å². The highest BCUT2D eigenvalue weighted by atomic mass is 16.5. The van der Waals surface area contributed by atoms with Gasteiger partial charge in [0.25, 0.3) is 0 Å². The Hall–Kier alpha value is -1.06. The Morgan fingerprint density at radius 1 is 1.38 bits per heavy atom. The lowest BCUT2D eigenvalue weighted by Crippen LogP contribution is -2.22. The number of hydrogen-bond donors (Lipinski definition) is 1. The first-order chi connectivity index (χ1) is 10.1. The number of aryl methyl sites for hydroxylation is 1. The van der Waals surface area contributed by atoms with E-state index in [0.717, 1.165) is 31.6 Å². The van der Waals surface area contributed by atoms with Crippen molar-refractivity contribution in [3.63, 3.8) is 0 Å². The number of rotatable bonds is 7. The molecular weight excluding hydrogens is 262 g/mol. The average molecular weight is 291 g/mol. The van der Waals surface area contributed by atoms with Gasteiger partial charge in [0.05, 0.1) is 12.2 Å². The molecule has 0 amide bonds. The summed E-state index contributed by atoms with van der Waals surface area (Å²) in [5, 5.41) is 3.53. The van der Waals surface area contributed by atoms with Crippen LogP contribution in [-0.4, -0.2) is 25.4 Å². The zero-order valence-corrected chi connectivity index (χ0v) is 13.8. The van der Waals surface area contributed by atoms with Crippen LogP contribution in [0.1, 0.15) is 57.2 Å². The standard InChI is InChI=1S/C18H29NO2/c1-5-10-19-15(4)17-9-6-13(2)11-18(17)20-12-16-8-7-14(3)21-16/h6,9,11,14-16,19H,5,7-8,10,12H2,1-4H3. The van der Waals surface area contributed by atoms with Crippen molar-refractivity contribution in [2.24, 2.45) is 0 Å². The van der Waals surface area contributed by atoms with Gasteiger partial charge in [-0.3, -0.25) is 0 Å². The quantitative estimate of drug-likeness (QED) is 0.823. The van der Waals surface area contributed by atoms with Crippen LogP contribution in [0.2, 0.25) is 0 Å². The summed E-state index contributed by atoms with van der Waals surface area (Å²) in [6.07, 6.45) is 4.00. The number of hydrogen-bond acceptors (Lipinski definition) is 3. The minimum Gasteiger partial charge on any atom is -0.491 e. The first-order valence-electron chi connectivity index (χ1n) is 8.22. The normalized spacial score (nSPS) is 23.2. The summed E-state index contributed by atoms with van der Waals surface area (Å²) in [6, 6.07) is 6.78. The molecule has 0 spiro atoms. The van der Waals surface area contributed by atoms with E-state index in [9.17, 15) is 0 Å². The molecule has 0 saturated carbocycles. The van der Waals surface area contributed by atoms with E-state index in [4.69, 9.17) is 9.47 Å². The molecule has 1 aromatic carbocycles. The maximum Gasteiger partial charge on any atom is 0.124 e. The van der Waals surface area contributed by atoms with Crippen molar-refractivity contribution in [1.29, 1.82) is 0 Å². The van der Waals surface area contributed by atoms with E-state index < -0.39 is 0 Å². The Morgan fingerprint density at radius 2 is 2.19 bits per heavy atom. The largest absolute Gasteiger partial charge is 0.491 e. The lowest BCUT2D eigenvalue weighted by atomic mass is 10.0. The molecule has 0 aliphatic carbocycles. The zero-order valence-electron chi connectivity index (χ0n) is 13.8. The van der Waals surface area contributed by atoms with Gasteiger partial charge in [-0.25, -0.2) is 0 Å². The molecule has 1 aliphatic rings. The van der Waals surface area contributed by atoms with Gasteiger partial charge in [-0.1, -0.05) is 19.1 Å². The van der Waals surface area contributed by atoms with Crippen LogP contribution in [0.25, 0.3) is 0 Å². The number of benzene rings is 1. The predicted molar refractivity (Wildman–Crippen MR) is 87.0 cm³/mol. The Kier molecular flexibility index (Phi) is 6.07. The van der Waals surface area contributed by atoms with Gasteiger partial charge in [0, 0.05) is 11.6 Å². The summed E-state index contributed by atoms with van der Waals surface area (Å²) in [7, 11) is 0. The van der Waals surface area contributed by atoms with Gasteiger partial charge in [0.2, 0.25) is 0 Å². The van der Waals surface area contributed by atoms with Crippen LogP contribution >= 0.6 is 0 Å². The molecule has 1 heterocycles. The smallest absolute Gasteiger partial charge is 0.124 e. The fourth-order valence-corrected chi connectivity index (χ4v) is 2.79. The Labute approximate surface area is 129 Å². The summed E-state index contributed by atoms with van der Waals surface area (Å²) in [4.78, 5) is 0. The second-order valence-corrected chi connectivity index (χ2v) is 6.17. The summed E-state index contributed by atoms with van der Waals surface area (Å²) in [5.74, 6) is 0.995. The van der Waals surface area contributed by atoms with Crippen LogP contribution in [0, 0.1) is 6.92 Å². The lowest BCUT2D eigenvalue weighted by molar-refractivity contribution is 0.0261. The van der Waals surface area contributed by atoms with Crippen molar-refractivity contribution in [2.45, 2.75) is 65.2 Å². The maximum atomic E-state index is 6.09. The molecule has 0 radical (unpaired) electrons. The van der Waals surface area contributed by atoms with Crippen LogP contribution in [-0.2, 0) is 4.74 Å². The summed E-state index contributed by atoms with van der Waals surface area (Å²) < 4.78 is 11.9. The lowest BCUT2D eigenvalue weighted by Gasteiger charge is -2.20. The highest BCUT2D eigenvalue weighted by molar-refractivity contribution is 5.39. The first-order valence-corrected chi connectivity index (χ1v) is 8.22. The molecule has 3 atom stereocenters. The fourth-order valence-electron chi connectivity index (χ4n) is 2.79. The third kappa shape index (κ3) is 4.72. The van der Waals surface area contributed by atoms with Gasteiger partial charge in [0.1, 0.15) is 12.4 Å². The third-order valence-corrected chi connectivity index (χ3v) is 4.08. The van der Waals surface area contributed by atoms with Crippen molar-refractivity contribution in [3.05, 3.63) is 29.3 Å². The molecule has 3 heteroatoms. The molecule has 3 unspecified atom stereocenters. The third-order valence-electron chi connectivity index (χ3n) is 4.08. The Bertz CT molecular complexity index is 447. The molecule has 0 aromatic heterocycles. The average Bonchev–Trinajstić information content (AvgIpc) is 2.88. The van der Waals surface area contributed by atoms with E-state index in [1.807, 2.05) is 0 Å². The molecule has 21 heavy (non-hydrogen) atoms. The van der Waals surface area contributed by atoms with Crippen LogP contribution in [0.4, 0.5) is 0 Å². The summed E-state index contributed by atoms with van der Waals surface area (Å²) >= 11 is 0. The maximum absolute atomic E-state index is 6.09. The Balaban J connectivity index is 2.00. The van der Waals surface area contributed by atoms with Gasteiger partial charge in [0.15, 0.2) is 0 Å². The first kappa shape index (κ1) is 16.3. The van der Waals surface area contributed by atoms with Gasteiger partial charge in [-0.15, -0.1) is 0 Å². The van der Waals surface area contributed by atoms with E-state index in [0.29, 0.717) is 18.8 Å². The Morgan fingerprint density at radius 3 is 2.86 bits per heavy atom. The molecule has 1 aliphatic heterocycles. The molecule has 3 nitrogen and oxygen atoms in total. The van der Waals surface area contributed by atoms with Gasteiger partial charge in [-0.05, 0) is 58.2 Å². The fraction of sp³-hybridized carbons (Fsp3) is 0.667. The predicted octanol–water partition coefficient (Wildman–Crippen LogP) is 4.00. The molecule has 1 N–H and O–H groups in total. The van der Waals surface area contributed by atoms with Crippen molar-refractivity contribution < 1.29 is 9.47 Å². The molecule has 2 rings (SSSR count). The number of nitrogens with one attached hydrogen (secondary N) is 1. The topological polar surface area (TPSA) is 30.5 Å².